The lowest BCUT2D eigenvalue weighted by Crippen LogP contribution is -2.39. The molecule has 3 amide bonds. The van der Waals surface area contributed by atoms with Crippen molar-refractivity contribution in [1.29, 1.82) is 0 Å². The monoisotopic (exact) mass is 1140 g/mol. The minimum Gasteiger partial charge on any atom is -0.361 e. The van der Waals surface area contributed by atoms with Gasteiger partial charge in [0, 0.05) is 125 Å². The molecule has 85 heavy (non-hydrogen) atoms. The first-order valence-electron chi connectivity index (χ1n) is 31.1. The summed E-state index contributed by atoms with van der Waals surface area (Å²) in [7, 11) is 0. The van der Waals surface area contributed by atoms with E-state index in [0.29, 0.717) is 29.2 Å². The van der Waals surface area contributed by atoms with Crippen molar-refractivity contribution in [2.45, 2.75) is 135 Å². The molecule has 6 aromatic heterocycles. The van der Waals surface area contributed by atoms with Crippen LogP contribution in [0, 0.1) is 24.7 Å². The number of hydrogen-bond donors (Lipinski definition) is 6. The van der Waals surface area contributed by atoms with Crippen LogP contribution in [0.1, 0.15) is 153 Å². The van der Waals surface area contributed by atoms with Crippen LogP contribution < -0.4 is 30.7 Å². The van der Waals surface area contributed by atoms with Crippen molar-refractivity contribution in [2.24, 2.45) is 17.8 Å². The lowest BCUT2D eigenvalue weighted by atomic mass is 9.94. The zero-order valence-corrected chi connectivity index (χ0v) is 49.0. The van der Waals surface area contributed by atoms with E-state index in [-0.39, 0.29) is 17.7 Å². The number of nitrogens with one attached hydrogen (secondary N) is 6. The molecule has 14 rings (SSSR count). The van der Waals surface area contributed by atoms with Crippen LogP contribution in [-0.2, 0) is 0 Å². The van der Waals surface area contributed by atoms with E-state index in [1.54, 1.807) is 6.07 Å². The second-order valence-electron chi connectivity index (χ2n) is 24.1. The molecule has 440 valence electrons. The van der Waals surface area contributed by atoms with Gasteiger partial charge in [0.1, 0.15) is 53.5 Å². The van der Waals surface area contributed by atoms with E-state index < -0.39 is 0 Å². The highest BCUT2D eigenvalue weighted by Gasteiger charge is 2.32. The predicted molar refractivity (Wildman–Crippen MR) is 339 cm³/mol. The quantitative estimate of drug-likeness (QED) is 0.0445. The average molecular weight is 1140 g/mol. The highest BCUT2D eigenvalue weighted by molar-refractivity contribution is 6.06. The molecule has 0 spiro atoms. The van der Waals surface area contributed by atoms with Crippen molar-refractivity contribution in [3.05, 3.63) is 145 Å². The number of fused-ring (bicyclic) bond motifs is 3. The maximum absolute atomic E-state index is 13.0. The smallest absolute Gasteiger partial charge is 0.274 e. The molecule has 6 heterocycles. The normalized spacial score (nSPS) is 16.2. The number of carbonyl (C=O) groups is 3. The molecular weight excluding hydrogens is 1060 g/mol. The number of H-pyrrole nitrogens is 3. The first-order chi connectivity index (χ1) is 41.7. The van der Waals surface area contributed by atoms with Crippen LogP contribution in [0.3, 0.4) is 0 Å². The van der Waals surface area contributed by atoms with E-state index in [1.807, 2.05) is 98.3 Å². The van der Waals surface area contributed by atoms with Gasteiger partial charge in [-0.05, 0) is 168 Å². The summed E-state index contributed by atoms with van der Waals surface area (Å²) in [6, 6.07) is 28.3. The third kappa shape index (κ3) is 14.8. The molecule has 5 fully saturated rings. The summed E-state index contributed by atoms with van der Waals surface area (Å²) in [5, 5.41) is 12.2. The van der Waals surface area contributed by atoms with Gasteiger partial charge in [-0.25, -0.2) is 29.9 Å². The second kappa shape index (κ2) is 26.5. The van der Waals surface area contributed by atoms with Crippen LogP contribution in [0.25, 0.3) is 32.7 Å². The molecule has 9 aromatic rings. The Kier molecular flexibility index (Phi) is 17.7. The van der Waals surface area contributed by atoms with Crippen LogP contribution in [-0.4, -0.2) is 101 Å². The van der Waals surface area contributed by atoms with Gasteiger partial charge in [0.15, 0.2) is 0 Å². The maximum Gasteiger partial charge on any atom is 0.274 e. The van der Waals surface area contributed by atoms with Crippen LogP contribution in [0.4, 0.5) is 34.5 Å². The van der Waals surface area contributed by atoms with E-state index in [9.17, 15) is 14.4 Å². The summed E-state index contributed by atoms with van der Waals surface area (Å²) in [6.45, 7) is 8.21. The van der Waals surface area contributed by atoms with E-state index >= 15 is 0 Å². The number of anilines is 6. The molecule has 18 heteroatoms. The standard InChI is InChI=1S/C24H29N5O.C23H27N5O.C20H23N5O/c1-16-11-21-18(9-10-25-21)12-20(16)28-24(30)22-13-23(27-15-26-22)29(14-17-7-8-17)19-5-3-2-4-6-19;29-23(27-18-8-9-20-17(12-18)10-11-24-20)21-13-22(26-15-25-21)28(14-16-6-7-16)19-4-2-1-3-5-19;1-2-9-25(12-14-3-4-14)19-11-18(22-13-23-19)20(26)24-16-5-6-17-15(10-16)7-8-21-17/h9-13,15,17,19,25H,2-8,14H2,1H3,(H,28,30);8-13,15-16,19,24H,1-7,14H2,(H,27,29);5-8,10-11,13-14,21H,2-4,9,12H2,1H3,(H,24,26). The Bertz CT molecular complexity index is 3730. The van der Waals surface area contributed by atoms with Gasteiger partial charge in [0.25, 0.3) is 17.7 Å². The summed E-state index contributed by atoms with van der Waals surface area (Å²) >= 11 is 0. The summed E-state index contributed by atoms with van der Waals surface area (Å²) in [5.41, 5.74) is 7.75. The van der Waals surface area contributed by atoms with E-state index in [4.69, 9.17) is 0 Å². The Hall–Kier alpha value is -8.67. The van der Waals surface area contributed by atoms with Gasteiger partial charge in [-0.1, -0.05) is 45.4 Å². The molecular formula is C67H79N15O3. The number of hydrogen-bond acceptors (Lipinski definition) is 12. The van der Waals surface area contributed by atoms with Crippen molar-refractivity contribution in [2.75, 3.05) is 56.8 Å². The Labute approximate surface area is 496 Å². The number of carbonyl (C=O) groups excluding carboxylic acids is 3. The van der Waals surface area contributed by atoms with Crippen molar-refractivity contribution in [3.8, 4) is 0 Å². The highest BCUT2D eigenvalue weighted by atomic mass is 16.2. The van der Waals surface area contributed by atoms with Crippen LogP contribution in [0.5, 0.6) is 0 Å². The van der Waals surface area contributed by atoms with Crippen molar-refractivity contribution < 1.29 is 14.4 Å². The maximum atomic E-state index is 13.0. The second-order valence-corrected chi connectivity index (χ2v) is 24.1. The lowest BCUT2D eigenvalue weighted by molar-refractivity contribution is 0.101. The summed E-state index contributed by atoms with van der Waals surface area (Å²) in [4.78, 5) is 81.4. The van der Waals surface area contributed by atoms with Gasteiger partial charge in [0.05, 0.1) is 0 Å². The molecule has 18 nitrogen and oxygen atoms in total. The Morgan fingerprint density at radius 1 is 0.459 bits per heavy atom. The Morgan fingerprint density at radius 3 is 1.35 bits per heavy atom. The minimum atomic E-state index is -0.216. The number of aryl methyl sites for hydroxylation is 1. The summed E-state index contributed by atoms with van der Waals surface area (Å²) in [6.07, 6.45) is 31.8. The molecule has 0 aliphatic heterocycles. The first kappa shape index (κ1) is 56.8. The molecule has 3 aromatic carbocycles. The zero-order valence-electron chi connectivity index (χ0n) is 49.0. The number of rotatable bonds is 19. The zero-order chi connectivity index (χ0) is 58.1. The molecule has 0 radical (unpaired) electrons. The molecule has 0 bridgehead atoms. The van der Waals surface area contributed by atoms with Gasteiger partial charge in [0.2, 0.25) is 0 Å². The van der Waals surface area contributed by atoms with Crippen LogP contribution in [0.15, 0.2) is 123 Å². The van der Waals surface area contributed by atoms with Gasteiger partial charge < -0.3 is 45.6 Å². The van der Waals surface area contributed by atoms with E-state index in [1.165, 1.54) is 122 Å². The predicted octanol–water partition coefficient (Wildman–Crippen LogP) is 13.7. The van der Waals surface area contributed by atoms with Gasteiger partial charge >= 0.3 is 0 Å². The van der Waals surface area contributed by atoms with Crippen LogP contribution >= 0.6 is 0 Å². The molecule has 0 saturated heterocycles. The van der Waals surface area contributed by atoms with Gasteiger partial charge in [-0.2, -0.15) is 0 Å². The van der Waals surface area contributed by atoms with Crippen molar-refractivity contribution >= 4 is 84.9 Å². The third-order valence-corrected chi connectivity index (χ3v) is 17.3. The highest BCUT2D eigenvalue weighted by Crippen LogP contribution is 2.37. The van der Waals surface area contributed by atoms with Crippen molar-refractivity contribution in [3.63, 3.8) is 0 Å². The van der Waals surface area contributed by atoms with Crippen molar-refractivity contribution in [1.82, 2.24) is 44.9 Å². The summed E-state index contributed by atoms with van der Waals surface area (Å²) < 4.78 is 0. The van der Waals surface area contributed by atoms with Gasteiger partial charge in [-0.15, -0.1) is 0 Å². The molecule has 0 unspecified atom stereocenters. The molecule has 0 atom stereocenters. The minimum absolute atomic E-state index is 0.188. The molecule has 5 saturated carbocycles. The molecule has 5 aliphatic rings. The largest absolute Gasteiger partial charge is 0.361 e. The number of amides is 3. The van der Waals surface area contributed by atoms with E-state index in [2.05, 4.69) is 88.5 Å². The van der Waals surface area contributed by atoms with Crippen LogP contribution in [0.2, 0.25) is 0 Å². The topological polar surface area (TPSA) is 222 Å². The Morgan fingerprint density at radius 2 is 0.882 bits per heavy atom. The number of benzene rings is 3. The molecule has 5 aliphatic carbocycles. The lowest BCUT2D eigenvalue weighted by Gasteiger charge is -2.35. The van der Waals surface area contributed by atoms with E-state index in [0.717, 1.165) is 123 Å². The fourth-order valence-corrected chi connectivity index (χ4v) is 12.1. The van der Waals surface area contributed by atoms with Gasteiger partial charge in [-0.3, -0.25) is 14.4 Å². The fourth-order valence-electron chi connectivity index (χ4n) is 12.1. The molecule has 6 N–H and O–H groups in total. The number of aromatic nitrogens is 9. The Balaban J connectivity index is 0.000000125. The fraction of sp³-hybridized carbons (Fsp3) is 0.418. The number of aromatic amines is 3. The first-order valence-corrected chi connectivity index (χ1v) is 31.1. The number of nitrogens with zero attached hydrogens (tertiary/aromatic N) is 9. The summed E-state index contributed by atoms with van der Waals surface area (Å²) in [5.74, 6) is 4.34. The average Bonchev–Trinajstić information content (AvgIpc) is 4.58. The third-order valence-electron chi connectivity index (χ3n) is 17.3. The SMILES string of the molecule is CCCN(CC1CC1)c1cc(C(=O)Nc2ccc3[nH]ccc3c2)ncn1.Cc1cc2[nH]ccc2cc1NC(=O)c1cc(N(CC2CC2)C2CCCCC2)ncn1.O=C(Nc1ccc2[nH]ccc2c1)c1cc(N(CC2CC2)C2CCCCC2)ncn1.